The molecule has 0 aromatic heterocycles. The number of nitrogens with zero attached hydrogens (tertiary/aromatic N) is 1. The molecule has 1 saturated carbocycles. The summed E-state index contributed by atoms with van der Waals surface area (Å²) in [6.45, 7) is 1.63. The molecule has 2 aliphatic rings. The molecule has 1 unspecified atom stereocenters. The maximum Gasteiger partial charge on any atom is 0.307 e. The van der Waals surface area contributed by atoms with Gasteiger partial charge in [0.2, 0.25) is 5.91 Å². The van der Waals surface area contributed by atoms with Gasteiger partial charge in [-0.05, 0) is 31.6 Å². The molecule has 18 heavy (non-hydrogen) atoms. The highest BCUT2D eigenvalue weighted by molar-refractivity contribution is 5.82. The van der Waals surface area contributed by atoms with E-state index >= 15 is 0 Å². The number of hydrogen-bond acceptors (Lipinski definition) is 2. The van der Waals surface area contributed by atoms with Crippen LogP contribution in [0.3, 0.4) is 0 Å². The van der Waals surface area contributed by atoms with E-state index in [0.29, 0.717) is 0 Å². The van der Waals surface area contributed by atoms with Crippen LogP contribution in [0.4, 0.5) is 0 Å². The average Bonchev–Trinajstić information content (AvgIpc) is 2.90. The second-order valence-corrected chi connectivity index (χ2v) is 5.63. The SMILES string of the molecule is O=C(O)C(CC(=O)N1CCCC1)C1CCCCC1. The van der Waals surface area contributed by atoms with Crippen molar-refractivity contribution in [3.8, 4) is 0 Å². The van der Waals surface area contributed by atoms with Gasteiger partial charge in [0, 0.05) is 19.5 Å². The fourth-order valence-electron chi connectivity index (χ4n) is 3.28. The summed E-state index contributed by atoms with van der Waals surface area (Å²) in [6, 6.07) is 0. The van der Waals surface area contributed by atoms with Crippen LogP contribution in [0.5, 0.6) is 0 Å². The Morgan fingerprint density at radius 2 is 1.67 bits per heavy atom. The number of carboxylic acids is 1. The molecule has 1 aliphatic heterocycles. The van der Waals surface area contributed by atoms with Gasteiger partial charge < -0.3 is 10.0 Å². The lowest BCUT2D eigenvalue weighted by Crippen LogP contribution is -2.34. The number of carbonyl (C=O) groups is 2. The zero-order valence-corrected chi connectivity index (χ0v) is 10.9. The summed E-state index contributed by atoms with van der Waals surface area (Å²) < 4.78 is 0. The Balaban J connectivity index is 1.92. The van der Waals surface area contributed by atoms with E-state index in [9.17, 15) is 14.7 Å². The van der Waals surface area contributed by atoms with Gasteiger partial charge in [0.25, 0.3) is 0 Å². The van der Waals surface area contributed by atoms with Crippen LogP contribution in [0.25, 0.3) is 0 Å². The maximum atomic E-state index is 12.1. The molecule has 4 heteroatoms. The molecule has 0 bridgehead atoms. The number of carbonyl (C=O) groups excluding carboxylic acids is 1. The van der Waals surface area contributed by atoms with Gasteiger partial charge in [0.15, 0.2) is 0 Å². The second-order valence-electron chi connectivity index (χ2n) is 5.63. The summed E-state index contributed by atoms with van der Waals surface area (Å²) in [4.78, 5) is 25.3. The summed E-state index contributed by atoms with van der Waals surface area (Å²) in [5, 5.41) is 9.35. The first kappa shape index (κ1) is 13.4. The first-order valence-electron chi connectivity index (χ1n) is 7.19. The van der Waals surface area contributed by atoms with Crippen molar-refractivity contribution >= 4 is 11.9 Å². The van der Waals surface area contributed by atoms with Gasteiger partial charge in [-0.1, -0.05) is 19.3 Å². The Morgan fingerprint density at radius 1 is 1.06 bits per heavy atom. The van der Waals surface area contributed by atoms with Crippen molar-refractivity contribution in [3.63, 3.8) is 0 Å². The van der Waals surface area contributed by atoms with E-state index in [1.165, 1.54) is 6.42 Å². The van der Waals surface area contributed by atoms with Crippen molar-refractivity contribution in [1.29, 1.82) is 0 Å². The van der Waals surface area contributed by atoms with Gasteiger partial charge >= 0.3 is 5.97 Å². The van der Waals surface area contributed by atoms with E-state index in [1.807, 2.05) is 4.90 Å². The average molecular weight is 253 g/mol. The first-order valence-corrected chi connectivity index (χ1v) is 7.19. The van der Waals surface area contributed by atoms with Crippen LogP contribution in [-0.4, -0.2) is 35.0 Å². The molecule has 1 heterocycles. The third-order valence-corrected chi connectivity index (χ3v) is 4.39. The Morgan fingerprint density at radius 3 is 2.22 bits per heavy atom. The molecule has 102 valence electrons. The van der Waals surface area contributed by atoms with Crippen molar-refractivity contribution < 1.29 is 14.7 Å². The van der Waals surface area contributed by atoms with E-state index in [4.69, 9.17) is 0 Å². The minimum Gasteiger partial charge on any atom is -0.481 e. The maximum absolute atomic E-state index is 12.1. The van der Waals surface area contributed by atoms with Crippen LogP contribution < -0.4 is 0 Å². The molecular formula is C14H23NO3. The van der Waals surface area contributed by atoms with Gasteiger partial charge in [0.05, 0.1) is 5.92 Å². The molecule has 2 rings (SSSR count). The number of amides is 1. The van der Waals surface area contributed by atoms with E-state index < -0.39 is 11.9 Å². The van der Waals surface area contributed by atoms with E-state index in [0.717, 1.165) is 51.6 Å². The summed E-state index contributed by atoms with van der Waals surface area (Å²) >= 11 is 0. The number of carboxylic acid groups (broad SMARTS) is 1. The van der Waals surface area contributed by atoms with Crippen LogP contribution in [0.1, 0.15) is 51.4 Å². The minimum atomic E-state index is -0.783. The Labute approximate surface area is 108 Å². The monoisotopic (exact) mass is 253 g/mol. The van der Waals surface area contributed by atoms with E-state index in [2.05, 4.69) is 0 Å². The standard InChI is InChI=1S/C14H23NO3/c16-13(15-8-4-5-9-15)10-12(14(17)18)11-6-2-1-3-7-11/h11-12H,1-10H2,(H,17,18). The highest BCUT2D eigenvalue weighted by Crippen LogP contribution is 2.32. The Bertz CT molecular complexity index is 304. The smallest absolute Gasteiger partial charge is 0.307 e. The van der Waals surface area contributed by atoms with Crippen molar-refractivity contribution in [1.82, 2.24) is 4.90 Å². The highest BCUT2D eigenvalue weighted by Gasteiger charge is 2.33. The van der Waals surface area contributed by atoms with Gasteiger partial charge in [-0.25, -0.2) is 0 Å². The highest BCUT2D eigenvalue weighted by atomic mass is 16.4. The number of likely N-dealkylation sites (tertiary alicyclic amines) is 1. The minimum absolute atomic E-state index is 0.0467. The molecule has 1 aliphatic carbocycles. The second kappa shape index (κ2) is 6.21. The summed E-state index contributed by atoms with van der Waals surface area (Å²) in [7, 11) is 0. The fourth-order valence-corrected chi connectivity index (χ4v) is 3.28. The molecule has 1 N–H and O–H groups in total. The molecule has 0 radical (unpaired) electrons. The lowest BCUT2D eigenvalue weighted by Gasteiger charge is -2.28. The van der Waals surface area contributed by atoms with Crippen molar-refractivity contribution in [3.05, 3.63) is 0 Å². The predicted octanol–water partition coefficient (Wildman–Crippen LogP) is 2.28. The van der Waals surface area contributed by atoms with Crippen LogP contribution >= 0.6 is 0 Å². The largest absolute Gasteiger partial charge is 0.481 e. The Kier molecular flexibility index (Phi) is 4.61. The normalized spacial score (nSPS) is 23.0. The van der Waals surface area contributed by atoms with Crippen molar-refractivity contribution in [2.24, 2.45) is 11.8 Å². The van der Waals surface area contributed by atoms with Gasteiger partial charge in [-0.3, -0.25) is 9.59 Å². The van der Waals surface area contributed by atoms with Gasteiger partial charge in [-0.2, -0.15) is 0 Å². The third-order valence-electron chi connectivity index (χ3n) is 4.39. The van der Waals surface area contributed by atoms with Crippen LogP contribution in [0, 0.1) is 11.8 Å². The number of hydrogen-bond donors (Lipinski definition) is 1. The molecule has 1 amide bonds. The molecular weight excluding hydrogens is 230 g/mol. The van der Waals surface area contributed by atoms with Crippen LogP contribution in [0.2, 0.25) is 0 Å². The van der Waals surface area contributed by atoms with E-state index in [1.54, 1.807) is 0 Å². The Hall–Kier alpha value is -1.06. The predicted molar refractivity (Wildman–Crippen MR) is 68.1 cm³/mol. The molecule has 4 nitrogen and oxygen atoms in total. The van der Waals surface area contributed by atoms with Gasteiger partial charge in [0.1, 0.15) is 0 Å². The summed E-state index contributed by atoms with van der Waals surface area (Å²) in [5.41, 5.74) is 0. The zero-order valence-electron chi connectivity index (χ0n) is 10.9. The molecule has 0 spiro atoms. The molecule has 0 aromatic carbocycles. The van der Waals surface area contributed by atoms with Gasteiger partial charge in [-0.15, -0.1) is 0 Å². The lowest BCUT2D eigenvalue weighted by molar-refractivity contribution is -0.148. The molecule has 1 saturated heterocycles. The first-order chi connectivity index (χ1) is 8.68. The molecule has 1 atom stereocenters. The van der Waals surface area contributed by atoms with Crippen molar-refractivity contribution in [2.45, 2.75) is 51.4 Å². The third kappa shape index (κ3) is 3.24. The quantitative estimate of drug-likeness (QED) is 0.836. The zero-order chi connectivity index (χ0) is 13.0. The lowest BCUT2D eigenvalue weighted by atomic mass is 9.78. The topological polar surface area (TPSA) is 57.6 Å². The van der Waals surface area contributed by atoms with E-state index in [-0.39, 0.29) is 18.2 Å². The van der Waals surface area contributed by atoms with Crippen LogP contribution in [-0.2, 0) is 9.59 Å². The summed E-state index contributed by atoms with van der Waals surface area (Å²) in [5.74, 6) is -0.985. The fraction of sp³-hybridized carbons (Fsp3) is 0.857. The van der Waals surface area contributed by atoms with Crippen molar-refractivity contribution in [2.75, 3.05) is 13.1 Å². The number of aliphatic carboxylic acids is 1. The molecule has 0 aromatic rings. The summed E-state index contributed by atoms with van der Waals surface area (Å²) in [6.07, 6.45) is 7.73. The molecule has 2 fully saturated rings. The number of rotatable bonds is 4. The van der Waals surface area contributed by atoms with Crippen LogP contribution in [0.15, 0.2) is 0 Å².